The molecule has 3 N–H and O–H groups in total. The van der Waals surface area contributed by atoms with Crippen LogP contribution in [0.4, 0.5) is 0 Å². The molecular weight excluding hydrogens is 378 g/mol. The quantitative estimate of drug-likeness (QED) is 0.408. The van der Waals surface area contributed by atoms with Gasteiger partial charge >= 0.3 is 0 Å². The molecule has 0 amide bonds. The largest absolute Gasteiger partial charge is 0.439 e. The molecule has 30 heavy (non-hydrogen) atoms. The van der Waals surface area contributed by atoms with Crippen molar-refractivity contribution in [3.63, 3.8) is 0 Å². The summed E-state index contributed by atoms with van der Waals surface area (Å²) < 4.78 is 5.92. The predicted molar refractivity (Wildman–Crippen MR) is 113 cm³/mol. The van der Waals surface area contributed by atoms with Gasteiger partial charge in [0.15, 0.2) is 11.6 Å². The molecule has 0 aliphatic rings. The number of ether oxygens (including phenoxy) is 1. The van der Waals surface area contributed by atoms with Gasteiger partial charge in [0.1, 0.15) is 11.4 Å². The number of aliphatic hydroxyl groups is 1. The van der Waals surface area contributed by atoms with E-state index in [9.17, 15) is 5.11 Å². The SMILES string of the molecule is CC(O)(c1ccccc1)c1nc(-c2cccc(Oc3ccc4[nH]ccc4n3)c2)n[nH]1. The summed E-state index contributed by atoms with van der Waals surface area (Å²) in [4.78, 5) is 12.1. The van der Waals surface area contributed by atoms with Crippen molar-refractivity contribution >= 4 is 11.0 Å². The Bertz CT molecular complexity index is 1310. The summed E-state index contributed by atoms with van der Waals surface area (Å²) in [6, 6.07) is 22.4. The predicted octanol–water partition coefficient (Wildman–Crippen LogP) is 4.40. The van der Waals surface area contributed by atoms with Crippen molar-refractivity contribution in [2.75, 3.05) is 0 Å². The Morgan fingerprint density at radius 3 is 2.67 bits per heavy atom. The van der Waals surface area contributed by atoms with Crippen molar-refractivity contribution in [3.8, 4) is 23.0 Å². The molecule has 2 aromatic carbocycles. The molecular formula is C23H19N5O2. The van der Waals surface area contributed by atoms with Crippen LogP contribution in [0.1, 0.15) is 18.3 Å². The zero-order chi connectivity index (χ0) is 20.6. The number of hydrogen-bond acceptors (Lipinski definition) is 5. The Morgan fingerprint density at radius 1 is 0.933 bits per heavy atom. The molecule has 148 valence electrons. The van der Waals surface area contributed by atoms with Crippen LogP contribution in [0.3, 0.4) is 0 Å². The Balaban J connectivity index is 1.42. The van der Waals surface area contributed by atoms with E-state index in [0.717, 1.165) is 22.2 Å². The van der Waals surface area contributed by atoms with Gasteiger partial charge in [0, 0.05) is 17.8 Å². The number of aromatic amines is 2. The minimum absolute atomic E-state index is 0.370. The minimum atomic E-state index is -1.28. The lowest BCUT2D eigenvalue weighted by molar-refractivity contribution is 0.0926. The molecule has 0 fully saturated rings. The third-order valence-corrected chi connectivity index (χ3v) is 4.98. The molecule has 7 heteroatoms. The van der Waals surface area contributed by atoms with Crippen LogP contribution in [-0.4, -0.2) is 30.3 Å². The summed E-state index contributed by atoms with van der Waals surface area (Å²) in [6.07, 6.45) is 1.84. The Labute approximate surface area is 172 Å². The number of nitrogens with zero attached hydrogens (tertiary/aromatic N) is 3. The van der Waals surface area contributed by atoms with Crippen LogP contribution >= 0.6 is 0 Å². The highest BCUT2D eigenvalue weighted by molar-refractivity contribution is 5.75. The summed E-state index contributed by atoms with van der Waals surface area (Å²) in [5.74, 6) is 1.97. The molecule has 3 aromatic heterocycles. The maximum absolute atomic E-state index is 11.0. The molecule has 0 saturated heterocycles. The highest BCUT2D eigenvalue weighted by Gasteiger charge is 2.29. The first-order valence-electron chi connectivity index (χ1n) is 9.53. The van der Waals surface area contributed by atoms with Crippen LogP contribution in [0.15, 0.2) is 79.0 Å². The van der Waals surface area contributed by atoms with Crippen molar-refractivity contribution in [3.05, 3.63) is 90.4 Å². The Kier molecular flexibility index (Phi) is 4.30. The summed E-state index contributed by atoms with van der Waals surface area (Å²) in [5.41, 5.74) is 2.01. The minimum Gasteiger partial charge on any atom is -0.439 e. The van der Waals surface area contributed by atoms with Gasteiger partial charge < -0.3 is 14.8 Å². The molecule has 0 radical (unpaired) electrons. The van der Waals surface area contributed by atoms with Crippen LogP contribution in [0.5, 0.6) is 11.6 Å². The normalized spacial score (nSPS) is 13.3. The molecule has 0 bridgehead atoms. The van der Waals surface area contributed by atoms with Crippen molar-refractivity contribution in [2.45, 2.75) is 12.5 Å². The highest BCUT2D eigenvalue weighted by Crippen LogP contribution is 2.29. The summed E-state index contributed by atoms with van der Waals surface area (Å²) in [5, 5.41) is 18.1. The zero-order valence-corrected chi connectivity index (χ0v) is 16.2. The maximum atomic E-state index is 11.0. The lowest BCUT2D eigenvalue weighted by Crippen LogP contribution is -2.24. The molecule has 1 atom stereocenters. The second-order valence-electron chi connectivity index (χ2n) is 7.14. The first kappa shape index (κ1) is 18.1. The summed E-state index contributed by atoms with van der Waals surface area (Å²) in [7, 11) is 0. The number of rotatable bonds is 5. The standard InChI is InChI=1S/C23H19N5O2/c1-23(29,16-7-3-2-4-8-16)22-26-21(27-28-22)15-6-5-9-17(14-15)30-20-11-10-18-19(25-20)12-13-24-18/h2-14,24,29H,1H3,(H,26,27,28). The fraction of sp³-hybridized carbons (Fsp3) is 0.0870. The van der Waals surface area contributed by atoms with E-state index in [4.69, 9.17) is 4.74 Å². The van der Waals surface area contributed by atoms with Gasteiger partial charge in [0.2, 0.25) is 5.88 Å². The molecule has 1 unspecified atom stereocenters. The van der Waals surface area contributed by atoms with Crippen molar-refractivity contribution < 1.29 is 9.84 Å². The number of pyridine rings is 1. The zero-order valence-electron chi connectivity index (χ0n) is 16.2. The molecule has 5 rings (SSSR count). The highest BCUT2D eigenvalue weighted by atomic mass is 16.5. The van der Waals surface area contributed by atoms with Crippen molar-refractivity contribution in [1.29, 1.82) is 0 Å². The number of nitrogens with one attached hydrogen (secondary N) is 2. The maximum Gasteiger partial charge on any atom is 0.219 e. The van der Waals surface area contributed by atoms with E-state index in [-0.39, 0.29) is 0 Å². The average Bonchev–Trinajstić information content (AvgIpc) is 3.44. The fourth-order valence-electron chi connectivity index (χ4n) is 3.30. The Morgan fingerprint density at radius 2 is 1.80 bits per heavy atom. The molecule has 0 spiro atoms. The number of benzene rings is 2. The van der Waals surface area contributed by atoms with Gasteiger partial charge in [-0.3, -0.25) is 5.10 Å². The second-order valence-corrected chi connectivity index (χ2v) is 7.14. The topological polar surface area (TPSA) is 99.7 Å². The van der Waals surface area contributed by atoms with E-state index in [1.165, 1.54) is 0 Å². The van der Waals surface area contributed by atoms with Crippen LogP contribution in [0.25, 0.3) is 22.4 Å². The Hall–Kier alpha value is -3.97. The molecule has 0 saturated carbocycles. The van der Waals surface area contributed by atoms with Crippen LogP contribution < -0.4 is 4.74 Å². The van der Waals surface area contributed by atoms with E-state index >= 15 is 0 Å². The van der Waals surface area contributed by atoms with Crippen LogP contribution in [0, 0.1) is 0 Å². The van der Waals surface area contributed by atoms with E-state index in [0.29, 0.717) is 23.3 Å². The lowest BCUT2D eigenvalue weighted by atomic mass is 9.95. The first-order chi connectivity index (χ1) is 14.6. The van der Waals surface area contributed by atoms with Gasteiger partial charge in [-0.2, -0.15) is 5.10 Å². The lowest BCUT2D eigenvalue weighted by Gasteiger charge is -2.20. The molecule has 5 aromatic rings. The number of hydrogen-bond donors (Lipinski definition) is 3. The van der Waals surface area contributed by atoms with Crippen molar-refractivity contribution in [2.24, 2.45) is 0 Å². The van der Waals surface area contributed by atoms with E-state index in [2.05, 4.69) is 25.1 Å². The summed E-state index contributed by atoms with van der Waals surface area (Å²) >= 11 is 0. The molecule has 3 heterocycles. The molecule has 0 aliphatic heterocycles. The number of fused-ring (bicyclic) bond motifs is 1. The summed E-state index contributed by atoms with van der Waals surface area (Å²) in [6.45, 7) is 1.69. The molecule has 7 nitrogen and oxygen atoms in total. The van der Waals surface area contributed by atoms with Gasteiger partial charge in [-0.25, -0.2) is 9.97 Å². The van der Waals surface area contributed by atoms with E-state index < -0.39 is 5.60 Å². The fourth-order valence-corrected chi connectivity index (χ4v) is 3.30. The van der Waals surface area contributed by atoms with Gasteiger partial charge in [-0.15, -0.1) is 0 Å². The third-order valence-electron chi connectivity index (χ3n) is 4.98. The second kappa shape index (κ2) is 7.13. The van der Waals surface area contributed by atoms with Crippen LogP contribution in [0.2, 0.25) is 0 Å². The van der Waals surface area contributed by atoms with Crippen molar-refractivity contribution in [1.82, 2.24) is 25.1 Å². The first-order valence-corrected chi connectivity index (χ1v) is 9.53. The monoisotopic (exact) mass is 397 g/mol. The van der Waals surface area contributed by atoms with E-state index in [1.54, 1.807) is 6.92 Å². The van der Waals surface area contributed by atoms with Crippen LogP contribution in [-0.2, 0) is 5.60 Å². The van der Waals surface area contributed by atoms with Gasteiger partial charge in [0.25, 0.3) is 0 Å². The van der Waals surface area contributed by atoms with Gasteiger partial charge in [-0.05, 0) is 36.8 Å². The van der Waals surface area contributed by atoms with Gasteiger partial charge in [-0.1, -0.05) is 42.5 Å². The van der Waals surface area contributed by atoms with Gasteiger partial charge in [0.05, 0.1) is 11.0 Å². The van der Waals surface area contributed by atoms with E-state index in [1.807, 2.05) is 79.0 Å². The smallest absolute Gasteiger partial charge is 0.219 e. The number of aromatic nitrogens is 5. The number of H-pyrrole nitrogens is 2. The third kappa shape index (κ3) is 3.31. The average molecular weight is 397 g/mol. The molecule has 0 aliphatic carbocycles.